The summed E-state index contributed by atoms with van der Waals surface area (Å²) < 4.78 is 1.77. The molecule has 1 N–H and O–H groups in total. The first-order chi connectivity index (χ1) is 14.6. The predicted molar refractivity (Wildman–Crippen MR) is 121 cm³/mol. The van der Waals surface area contributed by atoms with Crippen LogP contribution >= 0.6 is 0 Å². The lowest BCUT2D eigenvalue weighted by atomic mass is 10.0. The molecule has 0 aliphatic carbocycles. The molecule has 1 amide bonds. The average Bonchev–Trinajstić information content (AvgIpc) is 3.24. The highest BCUT2D eigenvalue weighted by Crippen LogP contribution is 2.24. The first-order valence-electron chi connectivity index (χ1n) is 10.2. The molecule has 1 aromatic heterocycles. The molecule has 0 saturated heterocycles. The Bertz CT molecular complexity index is 1120. The molecule has 1 atom stereocenters. The van der Waals surface area contributed by atoms with E-state index in [1.807, 2.05) is 85.9 Å². The van der Waals surface area contributed by atoms with Crippen molar-refractivity contribution in [2.75, 3.05) is 6.54 Å². The number of carbonyl (C=O) groups is 1. The maximum Gasteiger partial charge on any atom is 0.255 e. The van der Waals surface area contributed by atoms with E-state index in [1.54, 1.807) is 4.68 Å². The molecule has 0 unspecified atom stereocenters. The second kappa shape index (κ2) is 8.78. The van der Waals surface area contributed by atoms with E-state index >= 15 is 0 Å². The van der Waals surface area contributed by atoms with Crippen LogP contribution < -0.4 is 5.32 Å². The van der Waals surface area contributed by atoms with Crippen molar-refractivity contribution >= 4 is 5.91 Å². The van der Waals surface area contributed by atoms with E-state index in [0.717, 1.165) is 11.3 Å². The molecule has 4 heteroatoms. The van der Waals surface area contributed by atoms with Crippen LogP contribution in [0.25, 0.3) is 16.9 Å². The summed E-state index contributed by atoms with van der Waals surface area (Å²) in [7, 11) is 0. The zero-order valence-electron chi connectivity index (χ0n) is 17.2. The summed E-state index contributed by atoms with van der Waals surface area (Å²) >= 11 is 0. The highest BCUT2D eigenvalue weighted by Gasteiger charge is 2.19. The third-order valence-corrected chi connectivity index (χ3v) is 5.24. The molecule has 0 aliphatic heterocycles. The highest BCUT2D eigenvalue weighted by atomic mass is 16.1. The van der Waals surface area contributed by atoms with Gasteiger partial charge in [0.2, 0.25) is 0 Å². The van der Waals surface area contributed by atoms with Crippen LogP contribution in [-0.2, 0) is 0 Å². The van der Waals surface area contributed by atoms with E-state index < -0.39 is 0 Å². The van der Waals surface area contributed by atoms with Crippen LogP contribution in [0.4, 0.5) is 0 Å². The smallest absolute Gasteiger partial charge is 0.255 e. The molecule has 4 rings (SSSR count). The Labute approximate surface area is 177 Å². The molecule has 30 heavy (non-hydrogen) atoms. The number of nitrogens with zero attached hydrogens (tertiary/aromatic N) is 2. The molecule has 0 bridgehead atoms. The number of hydrogen-bond donors (Lipinski definition) is 1. The van der Waals surface area contributed by atoms with Gasteiger partial charge in [-0.25, -0.2) is 4.68 Å². The molecule has 1 heterocycles. The van der Waals surface area contributed by atoms with Gasteiger partial charge in [-0.2, -0.15) is 5.10 Å². The van der Waals surface area contributed by atoms with Crippen molar-refractivity contribution in [3.63, 3.8) is 0 Å². The maximum atomic E-state index is 13.1. The SMILES string of the molecule is Cc1ccc(-c2nn(-c3ccccc3)cc2C(=O)NC[C@H](C)c2ccccc2)cc1. The van der Waals surface area contributed by atoms with Crippen molar-refractivity contribution in [1.82, 2.24) is 15.1 Å². The summed E-state index contributed by atoms with van der Waals surface area (Å²) in [5.74, 6) is 0.109. The molecular formula is C26H25N3O. The Kier molecular flexibility index (Phi) is 5.75. The van der Waals surface area contributed by atoms with Crippen LogP contribution in [0, 0.1) is 6.92 Å². The molecule has 3 aromatic carbocycles. The minimum Gasteiger partial charge on any atom is -0.351 e. The number of para-hydroxylation sites is 1. The third-order valence-electron chi connectivity index (χ3n) is 5.24. The monoisotopic (exact) mass is 395 g/mol. The Hall–Kier alpha value is -3.66. The molecule has 0 spiro atoms. The Morgan fingerprint density at radius 2 is 1.57 bits per heavy atom. The van der Waals surface area contributed by atoms with Crippen LogP contribution in [0.15, 0.2) is 91.1 Å². The second-order valence-electron chi connectivity index (χ2n) is 7.56. The maximum absolute atomic E-state index is 13.1. The molecule has 0 radical (unpaired) electrons. The van der Waals surface area contributed by atoms with E-state index in [2.05, 4.69) is 24.4 Å². The lowest BCUT2D eigenvalue weighted by Crippen LogP contribution is -2.27. The van der Waals surface area contributed by atoms with Gasteiger partial charge in [0.1, 0.15) is 5.69 Å². The van der Waals surface area contributed by atoms with Crippen LogP contribution in [0.3, 0.4) is 0 Å². The van der Waals surface area contributed by atoms with Gasteiger partial charge in [-0.1, -0.05) is 85.3 Å². The topological polar surface area (TPSA) is 46.9 Å². The minimum atomic E-state index is -0.115. The molecule has 4 nitrogen and oxygen atoms in total. The van der Waals surface area contributed by atoms with Crippen molar-refractivity contribution in [1.29, 1.82) is 0 Å². The number of rotatable bonds is 6. The van der Waals surface area contributed by atoms with Gasteiger partial charge >= 0.3 is 0 Å². The molecule has 0 saturated carbocycles. The fourth-order valence-corrected chi connectivity index (χ4v) is 3.42. The lowest BCUT2D eigenvalue weighted by molar-refractivity contribution is 0.0952. The molecule has 0 aliphatic rings. The van der Waals surface area contributed by atoms with Gasteiger partial charge in [0, 0.05) is 18.3 Å². The van der Waals surface area contributed by atoms with Crippen molar-refractivity contribution < 1.29 is 4.79 Å². The zero-order valence-corrected chi connectivity index (χ0v) is 17.2. The first-order valence-corrected chi connectivity index (χ1v) is 10.2. The molecule has 150 valence electrons. The minimum absolute atomic E-state index is 0.115. The van der Waals surface area contributed by atoms with E-state index in [-0.39, 0.29) is 11.8 Å². The fourth-order valence-electron chi connectivity index (χ4n) is 3.42. The van der Waals surface area contributed by atoms with Crippen molar-refractivity contribution in [3.05, 3.63) is 108 Å². The van der Waals surface area contributed by atoms with Gasteiger partial charge in [0.25, 0.3) is 5.91 Å². The number of amides is 1. The Balaban J connectivity index is 1.62. The van der Waals surface area contributed by atoms with Gasteiger partial charge in [-0.15, -0.1) is 0 Å². The van der Waals surface area contributed by atoms with Crippen molar-refractivity contribution in [3.8, 4) is 16.9 Å². The molecule has 4 aromatic rings. The van der Waals surface area contributed by atoms with Gasteiger partial charge in [0.15, 0.2) is 0 Å². The van der Waals surface area contributed by atoms with Gasteiger partial charge in [-0.3, -0.25) is 4.79 Å². The van der Waals surface area contributed by atoms with E-state index in [4.69, 9.17) is 5.10 Å². The van der Waals surface area contributed by atoms with Gasteiger partial charge < -0.3 is 5.32 Å². The van der Waals surface area contributed by atoms with E-state index in [0.29, 0.717) is 17.8 Å². The average molecular weight is 396 g/mol. The second-order valence-corrected chi connectivity index (χ2v) is 7.56. The normalized spacial score (nSPS) is 11.8. The largest absolute Gasteiger partial charge is 0.351 e. The van der Waals surface area contributed by atoms with Gasteiger partial charge in [-0.05, 0) is 30.5 Å². The van der Waals surface area contributed by atoms with Gasteiger partial charge in [0.05, 0.1) is 11.3 Å². The van der Waals surface area contributed by atoms with Crippen molar-refractivity contribution in [2.45, 2.75) is 19.8 Å². The van der Waals surface area contributed by atoms with Crippen LogP contribution in [0.5, 0.6) is 0 Å². The Morgan fingerprint density at radius 3 is 2.23 bits per heavy atom. The van der Waals surface area contributed by atoms with E-state index in [1.165, 1.54) is 11.1 Å². The summed E-state index contributed by atoms with van der Waals surface area (Å²) in [4.78, 5) is 13.1. The fraction of sp³-hybridized carbons (Fsp3) is 0.154. The Morgan fingerprint density at radius 1 is 0.933 bits per heavy atom. The first kappa shape index (κ1) is 19.6. The van der Waals surface area contributed by atoms with Crippen LogP contribution in [-0.4, -0.2) is 22.2 Å². The summed E-state index contributed by atoms with van der Waals surface area (Å²) in [6.45, 7) is 4.72. The lowest BCUT2D eigenvalue weighted by Gasteiger charge is -2.13. The number of aryl methyl sites for hydroxylation is 1. The predicted octanol–water partition coefficient (Wildman–Crippen LogP) is 5.38. The third kappa shape index (κ3) is 4.33. The number of hydrogen-bond acceptors (Lipinski definition) is 2. The number of aromatic nitrogens is 2. The van der Waals surface area contributed by atoms with Crippen molar-refractivity contribution in [2.24, 2.45) is 0 Å². The highest BCUT2D eigenvalue weighted by molar-refractivity contribution is 6.00. The molecule has 0 fully saturated rings. The summed E-state index contributed by atoms with van der Waals surface area (Å²) in [6.07, 6.45) is 1.81. The number of carbonyl (C=O) groups excluding carboxylic acids is 1. The van der Waals surface area contributed by atoms with Crippen LogP contribution in [0.2, 0.25) is 0 Å². The zero-order chi connectivity index (χ0) is 20.9. The van der Waals surface area contributed by atoms with Crippen LogP contribution in [0.1, 0.15) is 34.3 Å². The summed E-state index contributed by atoms with van der Waals surface area (Å²) in [6, 6.07) is 28.2. The summed E-state index contributed by atoms with van der Waals surface area (Å²) in [5, 5.41) is 7.83. The van der Waals surface area contributed by atoms with E-state index in [9.17, 15) is 4.79 Å². The molecular weight excluding hydrogens is 370 g/mol. The quantitative estimate of drug-likeness (QED) is 0.476. The summed E-state index contributed by atoms with van der Waals surface area (Å²) in [5.41, 5.74) is 5.48. The standard InChI is InChI=1S/C26H25N3O/c1-19-13-15-22(16-14-19)25-24(18-29(28-25)23-11-7-4-8-12-23)26(30)27-17-20(2)21-9-5-3-6-10-21/h3-16,18,20H,17H2,1-2H3,(H,27,30)/t20-/m0/s1. The number of nitrogens with one attached hydrogen (secondary N) is 1. The number of benzene rings is 3.